The lowest BCUT2D eigenvalue weighted by Gasteiger charge is -2.30. The topological polar surface area (TPSA) is 28.2 Å². The van der Waals surface area contributed by atoms with Crippen molar-refractivity contribution in [3.63, 3.8) is 0 Å². The van der Waals surface area contributed by atoms with Crippen molar-refractivity contribution in [2.75, 3.05) is 11.4 Å². The zero-order valence-electron chi connectivity index (χ0n) is 13.4. The summed E-state index contributed by atoms with van der Waals surface area (Å²) >= 11 is 0. The second-order valence-corrected chi connectivity index (χ2v) is 5.86. The zero-order chi connectivity index (χ0) is 14.5. The van der Waals surface area contributed by atoms with Gasteiger partial charge in [-0.2, -0.15) is 0 Å². The van der Waals surface area contributed by atoms with E-state index in [2.05, 4.69) is 56.2 Å². The Morgan fingerprint density at radius 2 is 2.10 bits per heavy atom. The highest BCUT2D eigenvalue weighted by molar-refractivity contribution is 5.48. The molecule has 0 bridgehead atoms. The van der Waals surface area contributed by atoms with Crippen LogP contribution in [0.25, 0.3) is 0 Å². The Balaban J connectivity index is 2.15. The quantitative estimate of drug-likeness (QED) is 0.853. The Bertz CT molecular complexity index is 401. The van der Waals surface area contributed by atoms with E-state index < -0.39 is 0 Å². The molecule has 3 heteroatoms. The Morgan fingerprint density at radius 3 is 2.65 bits per heavy atom. The molecule has 2 rings (SSSR count). The number of rotatable bonds is 6. The maximum absolute atomic E-state index is 4.71. The van der Waals surface area contributed by atoms with Gasteiger partial charge in [0.1, 0.15) is 0 Å². The summed E-state index contributed by atoms with van der Waals surface area (Å²) in [4.78, 5) is 7.27. The average molecular weight is 275 g/mol. The van der Waals surface area contributed by atoms with Crippen molar-refractivity contribution < 1.29 is 0 Å². The van der Waals surface area contributed by atoms with Gasteiger partial charge in [-0.05, 0) is 51.3 Å². The van der Waals surface area contributed by atoms with E-state index >= 15 is 0 Å². The van der Waals surface area contributed by atoms with Crippen LogP contribution in [0.1, 0.15) is 65.1 Å². The summed E-state index contributed by atoms with van der Waals surface area (Å²) in [7, 11) is 0. The Hall–Kier alpha value is -1.09. The van der Waals surface area contributed by atoms with E-state index in [1.54, 1.807) is 0 Å². The van der Waals surface area contributed by atoms with E-state index in [4.69, 9.17) is 4.98 Å². The van der Waals surface area contributed by atoms with Gasteiger partial charge in [0.2, 0.25) is 0 Å². The van der Waals surface area contributed by atoms with Gasteiger partial charge in [-0.25, -0.2) is 0 Å². The summed E-state index contributed by atoms with van der Waals surface area (Å²) < 4.78 is 0. The molecular weight excluding hydrogens is 246 g/mol. The fourth-order valence-corrected chi connectivity index (χ4v) is 3.40. The van der Waals surface area contributed by atoms with Gasteiger partial charge in [0.15, 0.2) is 0 Å². The van der Waals surface area contributed by atoms with E-state index in [1.165, 1.54) is 24.9 Å². The normalized spacial score (nSPS) is 24.1. The van der Waals surface area contributed by atoms with Gasteiger partial charge in [-0.1, -0.05) is 20.8 Å². The summed E-state index contributed by atoms with van der Waals surface area (Å²) in [6, 6.07) is 6.17. The number of hydrogen-bond acceptors (Lipinski definition) is 3. The molecule has 1 aliphatic heterocycles. The molecule has 1 aromatic rings. The third-order valence-electron chi connectivity index (χ3n) is 4.54. The zero-order valence-corrected chi connectivity index (χ0v) is 13.4. The second-order valence-electron chi connectivity index (χ2n) is 5.86. The lowest BCUT2D eigenvalue weighted by molar-refractivity contribution is 0.524. The van der Waals surface area contributed by atoms with Gasteiger partial charge in [-0.3, -0.25) is 4.98 Å². The molecule has 1 aliphatic rings. The number of nitrogens with one attached hydrogen (secondary N) is 1. The minimum absolute atomic E-state index is 0.382. The standard InChI is InChI=1S/C17H29N3/c1-5-14-9-8-13(4)20(14)15-10-11-17(19-12-15)16(6-2)18-7-3/h10-14,16,18H,5-9H2,1-4H3. The van der Waals surface area contributed by atoms with Crippen LogP contribution < -0.4 is 10.2 Å². The predicted octanol–water partition coefficient (Wildman–Crippen LogP) is 3.91. The van der Waals surface area contributed by atoms with Crippen molar-refractivity contribution >= 4 is 5.69 Å². The molecule has 3 unspecified atom stereocenters. The molecule has 1 aromatic heterocycles. The van der Waals surface area contributed by atoms with E-state index in [1.807, 2.05) is 0 Å². The molecule has 1 saturated heterocycles. The van der Waals surface area contributed by atoms with Crippen molar-refractivity contribution in [1.82, 2.24) is 10.3 Å². The van der Waals surface area contributed by atoms with Crippen molar-refractivity contribution in [2.45, 2.75) is 71.5 Å². The van der Waals surface area contributed by atoms with Crippen LogP contribution in [0.2, 0.25) is 0 Å². The Morgan fingerprint density at radius 1 is 1.30 bits per heavy atom. The number of aromatic nitrogens is 1. The van der Waals surface area contributed by atoms with Gasteiger partial charge in [-0.15, -0.1) is 0 Å². The Labute approximate surface area is 123 Å². The minimum atomic E-state index is 0.382. The summed E-state index contributed by atoms with van der Waals surface area (Å²) in [6.45, 7) is 9.96. The largest absolute Gasteiger partial charge is 0.365 e. The third kappa shape index (κ3) is 3.14. The van der Waals surface area contributed by atoms with E-state index in [9.17, 15) is 0 Å². The van der Waals surface area contributed by atoms with Crippen molar-refractivity contribution in [3.05, 3.63) is 24.0 Å². The maximum atomic E-state index is 4.71. The van der Waals surface area contributed by atoms with Crippen LogP contribution in [0.15, 0.2) is 18.3 Å². The van der Waals surface area contributed by atoms with Crippen LogP contribution in [0, 0.1) is 0 Å². The maximum Gasteiger partial charge on any atom is 0.0574 e. The highest BCUT2D eigenvalue weighted by Gasteiger charge is 2.29. The third-order valence-corrected chi connectivity index (χ3v) is 4.54. The average Bonchev–Trinajstić information content (AvgIpc) is 2.86. The first-order valence-electron chi connectivity index (χ1n) is 8.18. The molecule has 0 spiro atoms. The van der Waals surface area contributed by atoms with Crippen LogP contribution in [0.5, 0.6) is 0 Å². The van der Waals surface area contributed by atoms with Crippen molar-refractivity contribution in [1.29, 1.82) is 0 Å². The molecule has 0 aromatic carbocycles. The fraction of sp³-hybridized carbons (Fsp3) is 0.706. The minimum Gasteiger partial charge on any atom is -0.365 e. The summed E-state index contributed by atoms with van der Waals surface area (Å²) in [6.07, 6.45) is 6.99. The second kappa shape index (κ2) is 7.07. The summed E-state index contributed by atoms with van der Waals surface area (Å²) in [5.74, 6) is 0. The SMILES string of the molecule is CCNC(CC)c1ccc(N2C(C)CCC2CC)cn1. The van der Waals surface area contributed by atoms with Crippen LogP contribution in [-0.4, -0.2) is 23.6 Å². The summed E-state index contributed by atoms with van der Waals surface area (Å²) in [5.41, 5.74) is 2.45. The molecular formula is C17H29N3. The molecule has 112 valence electrons. The van der Waals surface area contributed by atoms with Crippen LogP contribution in [-0.2, 0) is 0 Å². The first-order valence-corrected chi connectivity index (χ1v) is 8.18. The molecule has 0 amide bonds. The van der Waals surface area contributed by atoms with E-state index in [-0.39, 0.29) is 0 Å². The number of nitrogens with zero attached hydrogens (tertiary/aromatic N) is 2. The molecule has 0 saturated carbocycles. The molecule has 1 fully saturated rings. The molecule has 2 heterocycles. The first-order chi connectivity index (χ1) is 9.71. The first kappa shape index (κ1) is 15.3. The van der Waals surface area contributed by atoms with Gasteiger partial charge < -0.3 is 10.2 Å². The highest BCUT2D eigenvalue weighted by atomic mass is 15.2. The predicted molar refractivity (Wildman–Crippen MR) is 86.2 cm³/mol. The van der Waals surface area contributed by atoms with Crippen LogP contribution >= 0.6 is 0 Å². The Kier molecular flexibility index (Phi) is 5.41. The van der Waals surface area contributed by atoms with Crippen molar-refractivity contribution in [3.8, 4) is 0 Å². The number of anilines is 1. The van der Waals surface area contributed by atoms with Crippen LogP contribution in [0.3, 0.4) is 0 Å². The molecule has 3 nitrogen and oxygen atoms in total. The highest BCUT2D eigenvalue weighted by Crippen LogP contribution is 2.31. The van der Waals surface area contributed by atoms with E-state index in [0.717, 1.165) is 18.7 Å². The van der Waals surface area contributed by atoms with Crippen molar-refractivity contribution in [2.24, 2.45) is 0 Å². The molecule has 1 N–H and O–H groups in total. The fourth-order valence-electron chi connectivity index (χ4n) is 3.40. The van der Waals surface area contributed by atoms with Gasteiger partial charge >= 0.3 is 0 Å². The smallest absolute Gasteiger partial charge is 0.0574 e. The monoisotopic (exact) mass is 275 g/mol. The summed E-state index contributed by atoms with van der Waals surface area (Å²) in [5, 5.41) is 3.49. The molecule has 0 radical (unpaired) electrons. The van der Waals surface area contributed by atoms with Gasteiger partial charge in [0.05, 0.1) is 17.6 Å². The molecule has 20 heavy (non-hydrogen) atoms. The van der Waals surface area contributed by atoms with Gasteiger partial charge in [0.25, 0.3) is 0 Å². The number of hydrogen-bond donors (Lipinski definition) is 1. The lowest BCUT2D eigenvalue weighted by atomic mass is 10.1. The number of pyridine rings is 1. The lowest BCUT2D eigenvalue weighted by Crippen LogP contribution is -2.34. The van der Waals surface area contributed by atoms with Gasteiger partial charge in [0, 0.05) is 18.1 Å². The van der Waals surface area contributed by atoms with E-state index in [0.29, 0.717) is 18.1 Å². The molecule has 0 aliphatic carbocycles. The molecule has 3 atom stereocenters. The van der Waals surface area contributed by atoms with Crippen LogP contribution in [0.4, 0.5) is 5.69 Å².